The van der Waals surface area contributed by atoms with E-state index in [2.05, 4.69) is 54.2 Å². The molecule has 0 spiro atoms. The standard InChI is InChI=1S/C15H22BrNO/c1-5-6-17-13-9-15(2,3)14-11(13)7-10(18-4)8-12(14)16/h7-8,13,17H,5-6,9H2,1-4H3. The average molecular weight is 312 g/mol. The number of halogens is 1. The summed E-state index contributed by atoms with van der Waals surface area (Å²) in [5, 5.41) is 3.65. The highest BCUT2D eigenvalue weighted by Crippen LogP contribution is 2.49. The fourth-order valence-electron chi connectivity index (χ4n) is 2.93. The van der Waals surface area contributed by atoms with E-state index in [0.717, 1.165) is 25.1 Å². The molecule has 1 atom stereocenters. The highest BCUT2D eigenvalue weighted by atomic mass is 79.9. The molecule has 1 aliphatic carbocycles. The van der Waals surface area contributed by atoms with E-state index in [0.29, 0.717) is 6.04 Å². The van der Waals surface area contributed by atoms with E-state index in [1.165, 1.54) is 15.6 Å². The molecule has 0 saturated heterocycles. The molecule has 18 heavy (non-hydrogen) atoms. The molecule has 0 aromatic heterocycles. The number of methoxy groups -OCH3 is 1. The van der Waals surface area contributed by atoms with Gasteiger partial charge in [0.2, 0.25) is 0 Å². The Morgan fingerprint density at radius 3 is 2.78 bits per heavy atom. The van der Waals surface area contributed by atoms with Crippen LogP contribution in [0, 0.1) is 0 Å². The zero-order valence-electron chi connectivity index (χ0n) is 11.6. The van der Waals surface area contributed by atoms with Gasteiger partial charge in [-0.2, -0.15) is 0 Å². The second kappa shape index (κ2) is 5.22. The Morgan fingerprint density at radius 1 is 1.44 bits per heavy atom. The smallest absolute Gasteiger partial charge is 0.120 e. The van der Waals surface area contributed by atoms with Crippen molar-refractivity contribution in [2.24, 2.45) is 0 Å². The molecule has 1 unspecified atom stereocenters. The van der Waals surface area contributed by atoms with Crippen LogP contribution in [0.4, 0.5) is 0 Å². The van der Waals surface area contributed by atoms with Gasteiger partial charge in [0.15, 0.2) is 0 Å². The third-order valence-corrected chi connectivity index (χ3v) is 4.36. The maximum absolute atomic E-state index is 5.38. The van der Waals surface area contributed by atoms with E-state index in [1.54, 1.807) is 7.11 Å². The molecule has 0 radical (unpaired) electrons. The first-order valence-electron chi connectivity index (χ1n) is 6.61. The van der Waals surface area contributed by atoms with Crippen LogP contribution in [0.1, 0.15) is 50.8 Å². The fourth-order valence-corrected chi connectivity index (χ4v) is 3.92. The lowest BCUT2D eigenvalue weighted by Gasteiger charge is -2.20. The van der Waals surface area contributed by atoms with Crippen LogP contribution in [0.25, 0.3) is 0 Å². The van der Waals surface area contributed by atoms with Gasteiger partial charge in [-0.1, -0.05) is 36.7 Å². The van der Waals surface area contributed by atoms with Gasteiger partial charge in [-0.3, -0.25) is 0 Å². The lowest BCUT2D eigenvalue weighted by Crippen LogP contribution is -2.22. The number of fused-ring (bicyclic) bond motifs is 1. The lowest BCUT2D eigenvalue weighted by molar-refractivity contribution is 0.412. The molecule has 2 nitrogen and oxygen atoms in total. The van der Waals surface area contributed by atoms with Crippen LogP contribution in [0.3, 0.4) is 0 Å². The molecule has 0 saturated carbocycles. The van der Waals surface area contributed by atoms with Crippen molar-refractivity contribution in [3.8, 4) is 5.75 Å². The van der Waals surface area contributed by atoms with E-state index < -0.39 is 0 Å². The molecule has 0 amide bonds. The Bertz CT molecular complexity index is 442. The zero-order chi connectivity index (χ0) is 13.3. The van der Waals surface area contributed by atoms with Crippen LogP contribution >= 0.6 is 15.9 Å². The van der Waals surface area contributed by atoms with Crippen molar-refractivity contribution in [3.63, 3.8) is 0 Å². The second-order valence-electron chi connectivity index (χ2n) is 5.67. The maximum atomic E-state index is 5.38. The van der Waals surface area contributed by atoms with E-state index in [-0.39, 0.29) is 5.41 Å². The molecule has 3 heteroatoms. The van der Waals surface area contributed by atoms with Gasteiger partial charge in [0.1, 0.15) is 5.75 Å². The summed E-state index contributed by atoms with van der Waals surface area (Å²) in [5.41, 5.74) is 3.03. The van der Waals surface area contributed by atoms with Gasteiger partial charge < -0.3 is 10.1 Å². The molecule has 1 aromatic carbocycles. The molecule has 100 valence electrons. The van der Waals surface area contributed by atoms with Crippen molar-refractivity contribution in [2.45, 2.75) is 45.1 Å². The minimum absolute atomic E-state index is 0.214. The lowest BCUT2D eigenvalue weighted by atomic mass is 9.86. The van der Waals surface area contributed by atoms with Crippen molar-refractivity contribution in [3.05, 3.63) is 27.7 Å². The van der Waals surface area contributed by atoms with Crippen LogP contribution in [0.15, 0.2) is 16.6 Å². The predicted molar refractivity (Wildman–Crippen MR) is 79.4 cm³/mol. The van der Waals surface area contributed by atoms with Crippen molar-refractivity contribution in [1.29, 1.82) is 0 Å². The van der Waals surface area contributed by atoms with Crippen LogP contribution in [0.2, 0.25) is 0 Å². The molecule has 0 bridgehead atoms. The van der Waals surface area contributed by atoms with Gasteiger partial charge >= 0.3 is 0 Å². The molecule has 0 aliphatic heterocycles. The topological polar surface area (TPSA) is 21.3 Å². The first-order valence-corrected chi connectivity index (χ1v) is 7.40. The summed E-state index contributed by atoms with van der Waals surface area (Å²) in [7, 11) is 1.72. The molecule has 0 heterocycles. The van der Waals surface area contributed by atoms with Crippen molar-refractivity contribution < 1.29 is 4.74 Å². The largest absolute Gasteiger partial charge is 0.497 e. The Kier molecular flexibility index (Phi) is 4.02. The SMILES string of the molecule is CCCNC1CC(C)(C)c2c(Br)cc(OC)cc21. The van der Waals surface area contributed by atoms with Gasteiger partial charge in [0.25, 0.3) is 0 Å². The average Bonchev–Trinajstić information content (AvgIpc) is 2.58. The zero-order valence-corrected chi connectivity index (χ0v) is 13.2. The van der Waals surface area contributed by atoms with Crippen LogP contribution in [0.5, 0.6) is 5.75 Å². The molecular weight excluding hydrogens is 290 g/mol. The monoisotopic (exact) mass is 311 g/mol. The van der Waals surface area contributed by atoms with Crippen LogP contribution < -0.4 is 10.1 Å². The molecule has 1 aliphatic rings. The van der Waals surface area contributed by atoms with Gasteiger partial charge in [-0.25, -0.2) is 0 Å². The van der Waals surface area contributed by atoms with Crippen LogP contribution in [-0.4, -0.2) is 13.7 Å². The second-order valence-corrected chi connectivity index (χ2v) is 6.52. The van der Waals surface area contributed by atoms with Gasteiger partial charge in [0.05, 0.1) is 7.11 Å². The fraction of sp³-hybridized carbons (Fsp3) is 0.600. The summed E-state index contributed by atoms with van der Waals surface area (Å²) >= 11 is 3.70. The first-order chi connectivity index (χ1) is 8.49. The summed E-state index contributed by atoms with van der Waals surface area (Å²) in [4.78, 5) is 0. The van der Waals surface area contributed by atoms with E-state index in [1.807, 2.05) is 0 Å². The van der Waals surface area contributed by atoms with Gasteiger partial charge in [0, 0.05) is 10.5 Å². The highest BCUT2D eigenvalue weighted by molar-refractivity contribution is 9.10. The maximum Gasteiger partial charge on any atom is 0.120 e. The Labute approximate surface area is 118 Å². The van der Waals surface area contributed by atoms with Crippen molar-refractivity contribution in [1.82, 2.24) is 5.32 Å². The summed E-state index contributed by atoms with van der Waals surface area (Å²) in [6.45, 7) is 7.90. The number of rotatable bonds is 4. The molecule has 1 aromatic rings. The summed E-state index contributed by atoms with van der Waals surface area (Å²) in [6.07, 6.45) is 2.31. The third kappa shape index (κ3) is 2.43. The summed E-state index contributed by atoms with van der Waals surface area (Å²) in [5.74, 6) is 0.932. The Morgan fingerprint density at radius 2 is 2.17 bits per heavy atom. The quantitative estimate of drug-likeness (QED) is 0.900. The normalized spacial score (nSPS) is 20.8. The Hall–Kier alpha value is -0.540. The number of benzene rings is 1. The minimum Gasteiger partial charge on any atom is -0.497 e. The Balaban J connectivity index is 2.43. The third-order valence-electron chi connectivity index (χ3n) is 3.74. The van der Waals surface area contributed by atoms with Gasteiger partial charge in [-0.15, -0.1) is 0 Å². The number of nitrogens with one attached hydrogen (secondary N) is 1. The van der Waals surface area contributed by atoms with E-state index in [9.17, 15) is 0 Å². The van der Waals surface area contributed by atoms with Gasteiger partial charge in [-0.05, 0) is 48.1 Å². The van der Waals surface area contributed by atoms with Crippen LogP contribution in [-0.2, 0) is 5.41 Å². The number of ether oxygens (including phenoxy) is 1. The first kappa shape index (κ1) is 13.9. The van der Waals surface area contributed by atoms with E-state index >= 15 is 0 Å². The van der Waals surface area contributed by atoms with Crippen molar-refractivity contribution in [2.75, 3.05) is 13.7 Å². The molecule has 2 rings (SSSR count). The molecule has 0 fully saturated rings. The number of hydrogen-bond donors (Lipinski definition) is 1. The summed E-state index contributed by atoms with van der Waals surface area (Å²) < 4.78 is 6.55. The van der Waals surface area contributed by atoms with E-state index in [4.69, 9.17) is 4.74 Å². The molecule has 1 N–H and O–H groups in total. The van der Waals surface area contributed by atoms with Crippen molar-refractivity contribution >= 4 is 15.9 Å². The predicted octanol–water partition coefficient (Wildman–Crippen LogP) is 4.18. The molecular formula is C15H22BrNO. The highest BCUT2D eigenvalue weighted by Gasteiger charge is 2.38. The summed E-state index contributed by atoms with van der Waals surface area (Å²) in [6, 6.07) is 4.70. The number of hydrogen-bond acceptors (Lipinski definition) is 2. The minimum atomic E-state index is 0.214.